The number of ether oxygens (including phenoxy) is 2. The zero-order valence-corrected chi connectivity index (χ0v) is 30.2. The Bertz CT molecular complexity index is 799. The summed E-state index contributed by atoms with van der Waals surface area (Å²) in [5.74, 6) is -4.28. The molecule has 0 aliphatic heterocycles. The lowest BCUT2D eigenvalue weighted by Gasteiger charge is -2.45. The minimum atomic E-state index is -2.02. The maximum absolute atomic E-state index is 13.1. The fourth-order valence-electron chi connectivity index (χ4n) is 6.79. The summed E-state index contributed by atoms with van der Waals surface area (Å²) in [6, 6.07) is 0. The van der Waals surface area contributed by atoms with E-state index in [9.17, 15) is 19.5 Å². The van der Waals surface area contributed by atoms with E-state index < -0.39 is 46.6 Å². The molecular formula is C30H60O8Si2. The van der Waals surface area contributed by atoms with Gasteiger partial charge in [0, 0.05) is 33.2 Å². The van der Waals surface area contributed by atoms with Gasteiger partial charge in [0.15, 0.2) is 17.4 Å². The number of carbonyl (C=O) groups is 3. The lowest BCUT2D eigenvalue weighted by atomic mass is 9.69. The summed E-state index contributed by atoms with van der Waals surface area (Å²) >= 11 is 0. The van der Waals surface area contributed by atoms with Gasteiger partial charge in [-0.25, -0.2) is 4.79 Å². The molecule has 40 heavy (non-hydrogen) atoms. The Labute approximate surface area is 247 Å². The lowest BCUT2D eigenvalue weighted by Crippen LogP contribution is -2.53. The molecule has 0 aliphatic carbocycles. The second-order valence-corrected chi connectivity index (χ2v) is 21.8. The Balaban J connectivity index is 6.25. The van der Waals surface area contributed by atoms with E-state index in [1.54, 1.807) is 14.2 Å². The molecule has 0 heterocycles. The van der Waals surface area contributed by atoms with Crippen molar-refractivity contribution in [3.8, 4) is 0 Å². The molecule has 0 aromatic rings. The van der Waals surface area contributed by atoms with Crippen molar-refractivity contribution >= 4 is 34.9 Å². The molecule has 0 aliphatic rings. The van der Waals surface area contributed by atoms with Crippen LogP contribution in [0, 0.1) is 17.3 Å². The first-order valence-electron chi connectivity index (χ1n) is 14.8. The number of rotatable bonds is 19. The van der Waals surface area contributed by atoms with Crippen LogP contribution in [0.3, 0.4) is 0 Å². The third-order valence-corrected chi connectivity index (χ3v) is 15.4. The van der Waals surface area contributed by atoms with E-state index in [0.717, 1.165) is 6.42 Å². The van der Waals surface area contributed by atoms with E-state index in [4.69, 9.17) is 18.3 Å². The van der Waals surface area contributed by atoms with Crippen LogP contribution in [0.2, 0.25) is 29.7 Å². The van der Waals surface area contributed by atoms with Gasteiger partial charge in [0.25, 0.3) is 0 Å². The molecule has 0 aromatic carbocycles. The number of aliphatic carboxylic acids is 1. The van der Waals surface area contributed by atoms with Crippen LogP contribution in [0.5, 0.6) is 0 Å². The molecule has 0 amide bonds. The Morgan fingerprint density at radius 3 is 1.60 bits per heavy atom. The van der Waals surface area contributed by atoms with Crippen LogP contribution in [0.25, 0.3) is 0 Å². The van der Waals surface area contributed by atoms with Gasteiger partial charge in [-0.3, -0.25) is 9.59 Å². The summed E-state index contributed by atoms with van der Waals surface area (Å²) in [6.07, 6.45) is -0.00169. The van der Waals surface area contributed by atoms with Crippen LogP contribution in [-0.2, 0) is 32.7 Å². The molecular weight excluding hydrogens is 544 g/mol. The summed E-state index contributed by atoms with van der Waals surface area (Å²) in [7, 11) is -0.594. The van der Waals surface area contributed by atoms with E-state index in [1.165, 1.54) is 6.92 Å². The van der Waals surface area contributed by atoms with Gasteiger partial charge in [-0.05, 0) is 54.4 Å². The van der Waals surface area contributed by atoms with E-state index in [0.29, 0.717) is 23.2 Å². The number of hydrogen-bond acceptors (Lipinski definition) is 7. The Kier molecular flexibility index (Phi) is 15.7. The summed E-state index contributed by atoms with van der Waals surface area (Å²) in [4.78, 5) is 36.7. The van der Waals surface area contributed by atoms with Crippen LogP contribution < -0.4 is 0 Å². The summed E-state index contributed by atoms with van der Waals surface area (Å²) in [6.45, 7) is 28.1. The summed E-state index contributed by atoms with van der Waals surface area (Å²) in [5.41, 5.74) is -0.432. The van der Waals surface area contributed by atoms with E-state index in [-0.39, 0.29) is 29.8 Å². The van der Waals surface area contributed by atoms with Gasteiger partial charge in [-0.2, -0.15) is 0 Å². The number of carboxylic acid groups (broad SMARTS) is 1. The molecule has 236 valence electrons. The molecule has 0 aromatic heterocycles. The van der Waals surface area contributed by atoms with Crippen molar-refractivity contribution in [2.24, 2.45) is 17.3 Å². The average molecular weight is 605 g/mol. The van der Waals surface area contributed by atoms with Crippen molar-refractivity contribution in [1.82, 2.24) is 0 Å². The highest BCUT2D eigenvalue weighted by Gasteiger charge is 2.49. The van der Waals surface area contributed by atoms with Gasteiger partial charge in [-0.15, -0.1) is 0 Å². The molecule has 0 unspecified atom stereocenters. The normalized spacial score (nSPS) is 17.7. The van der Waals surface area contributed by atoms with E-state index in [2.05, 4.69) is 69.2 Å². The third-order valence-electron chi connectivity index (χ3n) is 8.33. The van der Waals surface area contributed by atoms with Gasteiger partial charge < -0.3 is 23.4 Å². The fourth-order valence-corrected chi connectivity index (χ4v) is 13.6. The number of methoxy groups -OCH3 is 2. The van der Waals surface area contributed by atoms with Crippen molar-refractivity contribution < 1.29 is 37.8 Å². The molecule has 1 N–H and O–H groups in total. The number of ketones is 2. The first-order chi connectivity index (χ1) is 18.1. The molecule has 0 fully saturated rings. The topological polar surface area (TPSA) is 108 Å². The van der Waals surface area contributed by atoms with Crippen LogP contribution >= 0.6 is 0 Å². The largest absolute Gasteiger partial charge is 0.475 e. The molecule has 8 nitrogen and oxygen atoms in total. The van der Waals surface area contributed by atoms with E-state index >= 15 is 0 Å². The minimum absolute atomic E-state index is 0.0449. The number of hydrogen-bond donors (Lipinski definition) is 1. The minimum Gasteiger partial charge on any atom is -0.475 e. The first kappa shape index (κ1) is 39.1. The number of carbonyl (C=O) groups excluding carboxylic acids is 2. The fraction of sp³-hybridized carbons (Fsp3) is 0.900. The number of carboxylic acids is 1. The standard InChI is InChI=1S/C30H60O8Si2/c1-19(2)40(20(3)4,21(5)6)37-18-22(7)16-23(35-12)25(29(8,9)10)24(36-13)17-30(11,38-39(14)15)27(32)26(31)28(33)34/h19-25,39H,16-18H2,1-15H3,(H,33,34)/t22-,23+,24+,25-,30-/m1/s1. The maximum atomic E-state index is 13.1. The van der Waals surface area contributed by atoms with Crippen LogP contribution in [0.15, 0.2) is 0 Å². The second-order valence-electron chi connectivity index (χ2n) is 14.0. The van der Waals surface area contributed by atoms with E-state index in [1.807, 2.05) is 13.1 Å². The molecule has 0 saturated carbocycles. The summed E-state index contributed by atoms with van der Waals surface area (Å²) in [5, 5.41) is 9.24. The zero-order chi connectivity index (χ0) is 31.8. The Morgan fingerprint density at radius 2 is 1.27 bits per heavy atom. The van der Waals surface area contributed by atoms with Crippen molar-refractivity contribution in [3.63, 3.8) is 0 Å². The van der Waals surface area contributed by atoms with Gasteiger partial charge in [0.05, 0.1) is 12.2 Å². The second kappa shape index (κ2) is 16.1. The SMILES string of the molecule is CO[C@@H](C[C@@H](C)CO[Si](C(C)C)(C(C)C)C(C)C)[C@H]([C@H](C[C@@](C)(O[SiH](C)C)C(=O)C(=O)C(=O)O)OC)C(C)(C)C. The monoisotopic (exact) mass is 604 g/mol. The van der Waals surface area contributed by atoms with Crippen molar-refractivity contribution in [2.75, 3.05) is 20.8 Å². The zero-order valence-electron chi connectivity index (χ0n) is 28.0. The highest BCUT2D eigenvalue weighted by molar-refractivity contribution is 6.77. The smallest absolute Gasteiger partial charge is 0.380 e. The van der Waals surface area contributed by atoms with Gasteiger partial charge >= 0.3 is 11.8 Å². The van der Waals surface area contributed by atoms with Crippen LogP contribution in [0.4, 0.5) is 0 Å². The van der Waals surface area contributed by atoms with Crippen molar-refractivity contribution in [2.45, 2.75) is 137 Å². The molecule has 0 spiro atoms. The van der Waals surface area contributed by atoms with Gasteiger partial charge in [-0.1, -0.05) is 69.2 Å². The van der Waals surface area contributed by atoms with Crippen molar-refractivity contribution in [3.05, 3.63) is 0 Å². The average Bonchev–Trinajstić information content (AvgIpc) is 2.80. The molecule has 0 rings (SSSR count). The molecule has 0 bridgehead atoms. The molecule has 0 radical (unpaired) electrons. The highest BCUT2D eigenvalue weighted by atomic mass is 28.4. The van der Waals surface area contributed by atoms with Gasteiger partial charge in [0.2, 0.25) is 5.78 Å². The van der Waals surface area contributed by atoms with Crippen LogP contribution in [-0.4, -0.2) is 78.6 Å². The lowest BCUT2D eigenvalue weighted by molar-refractivity contribution is -0.160. The highest BCUT2D eigenvalue weighted by Crippen LogP contribution is 2.43. The maximum Gasteiger partial charge on any atom is 0.380 e. The molecule has 10 heteroatoms. The quantitative estimate of drug-likeness (QED) is 0.104. The summed E-state index contributed by atoms with van der Waals surface area (Å²) < 4.78 is 25.1. The van der Waals surface area contributed by atoms with Gasteiger partial charge in [0.1, 0.15) is 5.60 Å². The number of Topliss-reactive ketones (excluding diaryl/α,β-unsaturated/α-hetero) is 2. The first-order valence-corrected chi connectivity index (χ1v) is 19.7. The molecule has 0 saturated heterocycles. The third kappa shape index (κ3) is 10.1. The predicted molar refractivity (Wildman–Crippen MR) is 166 cm³/mol. The predicted octanol–water partition coefficient (Wildman–Crippen LogP) is 6.27. The Hall–Kier alpha value is -0.916. The Morgan fingerprint density at radius 1 is 0.825 bits per heavy atom. The molecule has 5 atom stereocenters. The van der Waals surface area contributed by atoms with Crippen LogP contribution in [0.1, 0.15) is 89.0 Å². The van der Waals surface area contributed by atoms with Crippen molar-refractivity contribution in [1.29, 1.82) is 0 Å².